The van der Waals surface area contributed by atoms with Crippen LogP contribution in [0.5, 0.6) is 0 Å². The van der Waals surface area contributed by atoms with Gasteiger partial charge in [-0.15, -0.1) is 0 Å². The Hall–Kier alpha value is -2.63. The number of carbonyl (C=O) groups is 2. The minimum atomic E-state index is 0.0231. The molecule has 1 aromatic carbocycles. The highest BCUT2D eigenvalue weighted by molar-refractivity contribution is 5.93. The van der Waals surface area contributed by atoms with E-state index in [9.17, 15) is 9.59 Å². The molecule has 6 nitrogen and oxygen atoms in total. The number of nitrogens with zero attached hydrogens (tertiary/aromatic N) is 3. The maximum absolute atomic E-state index is 13.1. The van der Waals surface area contributed by atoms with Gasteiger partial charge in [-0.3, -0.25) is 14.7 Å². The monoisotopic (exact) mass is 364 g/mol. The minimum Gasteiger partial charge on any atom is -0.339 e. The molecule has 3 aliphatic heterocycles. The van der Waals surface area contributed by atoms with Gasteiger partial charge in [0.2, 0.25) is 5.91 Å². The second-order valence-electron chi connectivity index (χ2n) is 8.11. The molecule has 3 fully saturated rings. The van der Waals surface area contributed by atoms with Crippen LogP contribution in [0.2, 0.25) is 0 Å². The van der Waals surface area contributed by atoms with Crippen LogP contribution in [-0.4, -0.2) is 57.5 Å². The average Bonchev–Trinajstić information content (AvgIpc) is 3.19. The van der Waals surface area contributed by atoms with E-state index in [1.165, 1.54) is 0 Å². The van der Waals surface area contributed by atoms with Gasteiger partial charge in [0.05, 0.1) is 5.69 Å². The summed E-state index contributed by atoms with van der Waals surface area (Å²) in [6.07, 6.45) is 3.88. The summed E-state index contributed by atoms with van der Waals surface area (Å²) in [6, 6.07) is 12.0. The first kappa shape index (κ1) is 16.5. The van der Waals surface area contributed by atoms with Crippen molar-refractivity contribution in [1.82, 2.24) is 20.0 Å². The van der Waals surface area contributed by atoms with Gasteiger partial charge >= 0.3 is 0 Å². The molecule has 27 heavy (non-hydrogen) atoms. The molecule has 2 aromatic rings. The second kappa shape index (κ2) is 6.51. The average molecular weight is 364 g/mol. The summed E-state index contributed by atoms with van der Waals surface area (Å²) in [5.41, 5.74) is 2.34. The van der Waals surface area contributed by atoms with Crippen molar-refractivity contribution in [2.45, 2.75) is 31.7 Å². The molecule has 0 unspecified atom stereocenters. The summed E-state index contributed by atoms with van der Waals surface area (Å²) in [7, 11) is 0. The minimum absolute atomic E-state index is 0.0231. The number of rotatable bonds is 2. The third-order valence-electron chi connectivity index (χ3n) is 6.34. The number of likely N-dealkylation sites (tertiary alicyclic amines) is 1. The van der Waals surface area contributed by atoms with Crippen molar-refractivity contribution in [3.63, 3.8) is 0 Å². The number of aromatic nitrogens is 2. The molecule has 0 radical (unpaired) electrons. The molecule has 4 heterocycles. The third kappa shape index (κ3) is 2.93. The molecule has 0 saturated carbocycles. The fourth-order valence-corrected chi connectivity index (χ4v) is 5.13. The first-order chi connectivity index (χ1) is 13.2. The number of hydrogen-bond acceptors (Lipinski definition) is 3. The number of aromatic amines is 1. The number of amides is 2. The SMILES string of the molecule is O=C(c1cc(-c2ccccc2)n[nH]1)N1C[C@H]2C[C@H](C1)[C@H]1CCCC(=O)N1C2. The van der Waals surface area contributed by atoms with Crippen molar-refractivity contribution < 1.29 is 9.59 Å². The Balaban J connectivity index is 1.33. The molecular formula is C21H24N4O2. The van der Waals surface area contributed by atoms with E-state index in [0.717, 1.165) is 50.2 Å². The van der Waals surface area contributed by atoms with Gasteiger partial charge < -0.3 is 9.80 Å². The Morgan fingerprint density at radius 3 is 2.85 bits per heavy atom. The van der Waals surface area contributed by atoms with Crippen molar-refractivity contribution in [1.29, 1.82) is 0 Å². The second-order valence-corrected chi connectivity index (χ2v) is 8.11. The van der Waals surface area contributed by atoms with Crippen LogP contribution in [0.15, 0.2) is 36.4 Å². The van der Waals surface area contributed by atoms with Crippen LogP contribution in [-0.2, 0) is 4.79 Å². The van der Waals surface area contributed by atoms with E-state index >= 15 is 0 Å². The molecule has 140 valence electrons. The van der Waals surface area contributed by atoms with E-state index in [1.54, 1.807) is 0 Å². The molecule has 2 bridgehead atoms. The first-order valence-corrected chi connectivity index (χ1v) is 9.88. The van der Waals surface area contributed by atoms with Crippen molar-refractivity contribution >= 4 is 11.8 Å². The van der Waals surface area contributed by atoms with Gasteiger partial charge in [-0.2, -0.15) is 5.10 Å². The Bertz CT molecular complexity index is 862. The van der Waals surface area contributed by atoms with E-state index in [1.807, 2.05) is 41.3 Å². The van der Waals surface area contributed by atoms with Gasteiger partial charge in [0.1, 0.15) is 5.69 Å². The fraction of sp³-hybridized carbons (Fsp3) is 0.476. The standard InChI is InChI=1S/C21H24N4O2/c26-20-8-4-7-19-16-9-14(12-25(19)20)11-24(13-16)21(27)18-10-17(22-23-18)15-5-2-1-3-6-15/h1-3,5-6,10,14,16,19H,4,7-9,11-13H2,(H,22,23)/t14-,16-,19-/m1/s1. The van der Waals surface area contributed by atoms with Gasteiger partial charge in [-0.05, 0) is 37.2 Å². The van der Waals surface area contributed by atoms with Crippen molar-refractivity contribution in [3.8, 4) is 11.3 Å². The number of nitrogens with one attached hydrogen (secondary N) is 1. The van der Waals surface area contributed by atoms with Crippen LogP contribution in [0.25, 0.3) is 11.3 Å². The molecule has 3 aliphatic rings. The van der Waals surface area contributed by atoms with Crippen LogP contribution in [0.3, 0.4) is 0 Å². The first-order valence-electron chi connectivity index (χ1n) is 9.88. The molecule has 6 heteroatoms. The Labute approximate surface area is 158 Å². The predicted molar refractivity (Wildman–Crippen MR) is 101 cm³/mol. The highest BCUT2D eigenvalue weighted by Gasteiger charge is 2.45. The summed E-state index contributed by atoms with van der Waals surface area (Å²) in [5, 5.41) is 7.25. The lowest BCUT2D eigenvalue weighted by Crippen LogP contribution is -2.61. The van der Waals surface area contributed by atoms with Gasteiger partial charge in [-0.25, -0.2) is 0 Å². The van der Waals surface area contributed by atoms with Crippen LogP contribution >= 0.6 is 0 Å². The summed E-state index contributed by atoms with van der Waals surface area (Å²) < 4.78 is 0. The zero-order valence-electron chi connectivity index (χ0n) is 15.3. The van der Waals surface area contributed by atoms with Crippen LogP contribution in [0.4, 0.5) is 0 Å². The van der Waals surface area contributed by atoms with E-state index in [0.29, 0.717) is 35.9 Å². The van der Waals surface area contributed by atoms with Gasteiger partial charge in [0.15, 0.2) is 0 Å². The van der Waals surface area contributed by atoms with Crippen LogP contribution in [0.1, 0.15) is 36.2 Å². The van der Waals surface area contributed by atoms with Crippen molar-refractivity contribution in [3.05, 3.63) is 42.1 Å². The molecule has 1 aromatic heterocycles. The fourth-order valence-electron chi connectivity index (χ4n) is 5.13. The summed E-state index contributed by atoms with van der Waals surface area (Å²) >= 11 is 0. The number of hydrogen-bond donors (Lipinski definition) is 1. The highest BCUT2D eigenvalue weighted by atomic mass is 16.2. The smallest absolute Gasteiger partial charge is 0.271 e. The topological polar surface area (TPSA) is 69.3 Å². The zero-order valence-corrected chi connectivity index (χ0v) is 15.3. The molecule has 2 amide bonds. The van der Waals surface area contributed by atoms with Gasteiger partial charge in [-0.1, -0.05) is 30.3 Å². The van der Waals surface area contributed by atoms with Crippen molar-refractivity contribution in [2.75, 3.05) is 19.6 Å². The van der Waals surface area contributed by atoms with Crippen LogP contribution in [0, 0.1) is 11.8 Å². The number of carbonyl (C=O) groups excluding carboxylic acids is 2. The summed E-state index contributed by atoms with van der Waals surface area (Å²) in [4.78, 5) is 29.4. The molecule has 3 atom stereocenters. The van der Waals surface area contributed by atoms with Gasteiger partial charge in [0, 0.05) is 37.7 Å². The Morgan fingerprint density at radius 2 is 2.00 bits per heavy atom. The lowest BCUT2D eigenvalue weighted by molar-refractivity contribution is -0.144. The molecule has 0 aliphatic carbocycles. The summed E-state index contributed by atoms with van der Waals surface area (Å²) in [5.74, 6) is 1.13. The number of H-pyrrole nitrogens is 1. The molecule has 5 rings (SSSR count). The molecule has 3 saturated heterocycles. The maximum atomic E-state index is 13.1. The largest absolute Gasteiger partial charge is 0.339 e. The quantitative estimate of drug-likeness (QED) is 0.890. The lowest BCUT2D eigenvalue weighted by atomic mass is 9.76. The van der Waals surface area contributed by atoms with E-state index < -0.39 is 0 Å². The van der Waals surface area contributed by atoms with E-state index in [2.05, 4.69) is 15.1 Å². The number of benzene rings is 1. The molecular weight excluding hydrogens is 340 g/mol. The lowest BCUT2D eigenvalue weighted by Gasteiger charge is -2.52. The number of piperidine rings is 3. The van der Waals surface area contributed by atoms with Gasteiger partial charge in [0.25, 0.3) is 5.91 Å². The Morgan fingerprint density at radius 1 is 1.15 bits per heavy atom. The maximum Gasteiger partial charge on any atom is 0.271 e. The van der Waals surface area contributed by atoms with Crippen molar-refractivity contribution in [2.24, 2.45) is 11.8 Å². The highest BCUT2D eigenvalue weighted by Crippen LogP contribution is 2.38. The molecule has 1 N–H and O–H groups in total. The third-order valence-corrected chi connectivity index (χ3v) is 6.34. The van der Waals surface area contributed by atoms with Crippen LogP contribution < -0.4 is 0 Å². The summed E-state index contributed by atoms with van der Waals surface area (Å²) in [6.45, 7) is 2.27. The molecule has 0 spiro atoms. The Kier molecular flexibility index (Phi) is 3.99. The normalized spacial score (nSPS) is 27.4. The van der Waals surface area contributed by atoms with E-state index in [4.69, 9.17) is 0 Å². The van der Waals surface area contributed by atoms with E-state index in [-0.39, 0.29) is 5.91 Å². The zero-order chi connectivity index (χ0) is 18.4. The predicted octanol–water partition coefficient (Wildman–Crippen LogP) is 2.55. The number of fused-ring (bicyclic) bond motifs is 4.